The van der Waals surface area contributed by atoms with Crippen molar-refractivity contribution in [3.63, 3.8) is 0 Å². The number of nitrogens with one attached hydrogen (secondary N) is 1. The molecule has 2 aromatic heterocycles. The molecule has 3 aromatic rings. The molecule has 12 heteroatoms. The van der Waals surface area contributed by atoms with Crippen LogP contribution in [0.15, 0.2) is 30.6 Å². The van der Waals surface area contributed by atoms with E-state index in [1.165, 1.54) is 22.9 Å². The Hall–Kier alpha value is -2.92. The molecule has 2 aliphatic rings. The summed E-state index contributed by atoms with van der Waals surface area (Å²) in [5, 5.41) is 17.7. The summed E-state index contributed by atoms with van der Waals surface area (Å²) in [6.07, 6.45) is -1.08. The molecule has 7 nitrogen and oxygen atoms in total. The van der Waals surface area contributed by atoms with Gasteiger partial charge >= 0.3 is 6.18 Å². The van der Waals surface area contributed by atoms with E-state index in [1.54, 1.807) is 24.9 Å². The average molecular weight is 540 g/mol. The molecule has 2 N–H and O–H groups in total. The number of rotatable bonds is 5. The predicted molar refractivity (Wildman–Crippen MR) is 128 cm³/mol. The zero-order valence-corrected chi connectivity index (χ0v) is 20.9. The number of nitrogens with zero attached hydrogens (tertiary/aromatic N) is 4. The number of aryl methyl sites for hydroxylation is 2. The molecule has 0 bridgehead atoms. The Kier molecular flexibility index (Phi) is 6.34. The molecule has 0 radical (unpaired) electrons. The van der Waals surface area contributed by atoms with E-state index in [9.17, 15) is 27.5 Å². The van der Waals surface area contributed by atoms with Gasteiger partial charge in [-0.15, -0.1) is 0 Å². The summed E-state index contributed by atoms with van der Waals surface area (Å²) in [5.41, 5.74) is -0.839. The van der Waals surface area contributed by atoms with Gasteiger partial charge in [-0.1, -0.05) is 11.6 Å². The predicted octanol–water partition coefficient (Wildman–Crippen LogP) is 5.49. The second-order valence-electron chi connectivity index (χ2n) is 10.0. The Morgan fingerprint density at radius 1 is 1.24 bits per heavy atom. The van der Waals surface area contributed by atoms with E-state index in [2.05, 4.69) is 15.4 Å². The molecule has 2 aliphatic carbocycles. The Labute approximate surface area is 215 Å². The number of hydrogen-bond donors (Lipinski definition) is 2. The van der Waals surface area contributed by atoms with Crippen LogP contribution in [-0.2, 0) is 25.4 Å². The van der Waals surface area contributed by atoms with Crippen LogP contribution in [0.1, 0.15) is 66.1 Å². The van der Waals surface area contributed by atoms with E-state index in [1.807, 2.05) is 0 Å². The van der Waals surface area contributed by atoms with Crippen molar-refractivity contribution in [3.05, 3.63) is 64.2 Å². The number of aromatic nitrogens is 4. The molecule has 2 atom stereocenters. The molecule has 5 rings (SSSR count). The van der Waals surface area contributed by atoms with Gasteiger partial charge in [0.25, 0.3) is 5.91 Å². The van der Waals surface area contributed by atoms with Crippen LogP contribution in [0, 0.1) is 17.7 Å². The standard InChI is InChI=1S/C25H26ClF4N5O2/c1-3-35-20(9-19(33-35)25(28,29)30)24(37)10-14-6-13(7-15(14)11-24)21-22(34(2)12-31-21)23(36)32-16-4-5-18(27)17(26)8-16/h4-5,8-9,12-15,37H,3,6-7,10-11H2,1-2H3,(H,32,36). The summed E-state index contributed by atoms with van der Waals surface area (Å²) < 4.78 is 56.1. The zero-order valence-electron chi connectivity index (χ0n) is 20.2. The number of aliphatic hydroxyl groups is 1. The largest absolute Gasteiger partial charge is 0.435 e. The first-order valence-electron chi connectivity index (χ1n) is 12.0. The Morgan fingerprint density at radius 3 is 2.51 bits per heavy atom. The van der Waals surface area contributed by atoms with Crippen molar-refractivity contribution in [2.24, 2.45) is 18.9 Å². The molecule has 0 saturated heterocycles. The van der Waals surface area contributed by atoms with Gasteiger partial charge in [-0.2, -0.15) is 18.3 Å². The highest BCUT2D eigenvalue weighted by Gasteiger charge is 2.52. The number of benzene rings is 1. The summed E-state index contributed by atoms with van der Waals surface area (Å²) in [7, 11) is 1.71. The van der Waals surface area contributed by atoms with Crippen molar-refractivity contribution >= 4 is 23.2 Å². The number of alkyl halides is 3. The van der Waals surface area contributed by atoms with Crippen LogP contribution in [0.2, 0.25) is 5.02 Å². The quantitative estimate of drug-likeness (QED) is 0.420. The molecular formula is C25H26ClF4N5O2. The number of imidazole rings is 1. The van der Waals surface area contributed by atoms with E-state index in [4.69, 9.17) is 11.6 Å². The Bertz CT molecular complexity index is 1340. The fourth-order valence-corrected chi connectivity index (χ4v) is 6.23. The SMILES string of the molecule is CCn1nc(C(F)(F)F)cc1C1(O)CC2CC(c3ncn(C)c3C(=O)Nc3ccc(F)c(Cl)c3)CC2C1. The fraction of sp³-hybridized carbons (Fsp3) is 0.480. The van der Waals surface area contributed by atoms with Gasteiger partial charge in [0.05, 0.1) is 22.7 Å². The molecule has 2 heterocycles. The molecule has 0 aliphatic heterocycles. The highest BCUT2D eigenvalue weighted by molar-refractivity contribution is 6.31. The maximum atomic E-state index is 13.5. The molecule has 198 valence electrons. The molecule has 1 aromatic carbocycles. The highest BCUT2D eigenvalue weighted by Crippen LogP contribution is 2.57. The van der Waals surface area contributed by atoms with Crippen LogP contribution in [0.3, 0.4) is 0 Å². The minimum atomic E-state index is -4.58. The maximum Gasteiger partial charge on any atom is 0.435 e. The monoisotopic (exact) mass is 539 g/mol. The topological polar surface area (TPSA) is 85.0 Å². The highest BCUT2D eigenvalue weighted by atomic mass is 35.5. The third kappa shape index (κ3) is 4.63. The summed E-state index contributed by atoms with van der Waals surface area (Å²) in [6, 6.07) is 4.88. The first kappa shape index (κ1) is 25.7. The second kappa shape index (κ2) is 9.13. The number of fused-ring (bicyclic) bond motifs is 1. The van der Waals surface area contributed by atoms with Gasteiger partial charge in [-0.25, -0.2) is 9.37 Å². The van der Waals surface area contributed by atoms with Crippen molar-refractivity contribution in [1.29, 1.82) is 0 Å². The van der Waals surface area contributed by atoms with Crippen LogP contribution in [0.5, 0.6) is 0 Å². The van der Waals surface area contributed by atoms with Crippen LogP contribution in [0.4, 0.5) is 23.2 Å². The minimum absolute atomic E-state index is 0.0415. The normalized spacial score (nSPS) is 25.5. The summed E-state index contributed by atoms with van der Waals surface area (Å²) >= 11 is 5.83. The lowest BCUT2D eigenvalue weighted by atomic mass is 9.90. The number of halogens is 5. The number of amides is 1. The molecule has 1 amide bonds. The van der Waals surface area contributed by atoms with E-state index in [0.717, 1.165) is 6.07 Å². The molecule has 37 heavy (non-hydrogen) atoms. The summed E-state index contributed by atoms with van der Waals surface area (Å²) in [6.45, 7) is 1.91. The smallest absolute Gasteiger partial charge is 0.384 e. The maximum absolute atomic E-state index is 13.5. The summed E-state index contributed by atoms with van der Waals surface area (Å²) in [5.74, 6) is -0.899. The summed E-state index contributed by atoms with van der Waals surface area (Å²) in [4.78, 5) is 17.6. The van der Waals surface area contributed by atoms with Crippen LogP contribution < -0.4 is 5.32 Å². The van der Waals surface area contributed by atoms with Gasteiger partial charge in [-0.05, 0) is 68.7 Å². The Balaban J connectivity index is 1.33. The molecule has 0 spiro atoms. The number of anilines is 1. The number of hydrogen-bond acceptors (Lipinski definition) is 4. The molecule has 2 fully saturated rings. The van der Waals surface area contributed by atoms with Crippen molar-refractivity contribution in [1.82, 2.24) is 19.3 Å². The zero-order chi connectivity index (χ0) is 26.7. The van der Waals surface area contributed by atoms with Crippen molar-refractivity contribution in [2.45, 2.75) is 56.8 Å². The van der Waals surface area contributed by atoms with E-state index in [-0.39, 0.29) is 35.0 Å². The van der Waals surface area contributed by atoms with Gasteiger partial charge in [0.15, 0.2) is 5.69 Å². The van der Waals surface area contributed by atoms with Gasteiger partial charge in [0.2, 0.25) is 0 Å². The number of carbonyl (C=O) groups excluding carboxylic acids is 1. The van der Waals surface area contributed by atoms with Gasteiger partial charge in [0, 0.05) is 25.2 Å². The lowest BCUT2D eigenvalue weighted by Gasteiger charge is -2.25. The van der Waals surface area contributed by atoms with Gasteiger partial charge in [-0.3, -0.25) is 9.48 Å². The third-order valence-electron chi connectivity index (χ3n) is 7.63. The minimum Gasteiger partial charge on any atom is -0.384 e. The van der Waals surface area contributed by atoms with Crippen LogP contribution >= 0.6 is 11.6 Å². The lowest BCUT2D eigenvalue weighted by Crippen LogP contribution is -2.27. The molecular weight excluding hydrogens is 514 g/mol. The first-order valence-corrected chi connectivity index (χ1v) is 12.4. The number of carbonyl (C=O) groups is 1. The molecule has 2 unspecified atom stereocenters. The van der Waals surface area contributed by atoms with E-state index in [0.29, 0.717) is 42.8 Å². The van der Waals surface area contributed by atoms with Crippen molar-refractivity contribution in [3.8, 4) is 0 Å². The van der Waals surface area contributed by atoms with Crippen LogP contribution in [0.25, 0.3) is 0 Å². The first-order chi connectivity index (χ1) is 17.4. The van der Waals surface area contributed by atoms with Gasteiger partial charge < -0.3 is 15.0 Å². The average Bonchev–Trinajstić information content (AvgIpc) is 3.56. The fourth-order valence-electron chi connectivity index (χ4n) is 6.05. The van der Waals surface area contributed by atoms with E-state index >= 15 is 0 Å². The Morgan fingerprint density at radius 2 is 1.92 bits per heavy atom. The van der Waals surface area contributed by atoms with E-state index < -0.39 is 29.2 Å². The van der Waals surface area contributed by atoms with Crippen molar-refractivity contribution in [2.75, 3.05) is 5.32 Å². The lowest BCUT2D eigenvalue weighted by molar-refractivity contribution is -0.141. The van der Waals surface area contributed by atoms with Crippen molar-refractivity contribution < 1.29 is 27.5 Å². The molecule has 2 saturated carbocycles. The second-order valence-corrected chi connectivity index (χ2v) is 10.4. The van der Waals surface area contributed by atoms with Crippen LogP contribution in [-0.4, -0.2) is 30.3 Å². The van der Waals surface area contributed by atoms with Gasteiger partial charge in [0.1, 0.15) is 17.1 Å². The third-order valence-corrected chi connectivity index (χ3v) is 7.92.